The summed E-state index contributed by atoms with van der Waals surface area (Å²) in [5, 5.41) is 9.24. The second-order valence-electron chi connectivity index (χ2n) is 6.20. The Kier molecular flexibility index (Phi) is 5.40. The lowest BCUT2D eigenvalue weighted by Crippen LogP contribution is -2.34. The van der Waals surface area contributed by atoms with Crippen molar-refractivity contribution in [3.8, 4) is 0 Å². The van der Waals surface area contributed by atoms with Crippen LogP contribution in [0.4, 0.5) is 0 Å². The number of nitrogens with zero attached hydrogens (tertiary/aromatic N) is 1. The van der Waals surface area contributed by atoms with Crippen LogP contribution >= 0.6 is 15.9 Å². The Balaban J connectivity index is 3.32. The van der Waals surface area contributed by atoms with Gasteiger partial charge in [-0.15, -0.1) is 0 Å². The van der Waals surface area contributed by atoms with Gasteiger partial charge in [0.25, 0.3) is 0 Å². The fraction of sp³-hybridized carbons (Fsp3) is 0.571. The van der Waals surface area contributed by atoms with Gasteiger partial charge in [0.2, 0.25) is 10.0 Å². The van der Waals surface area contributed by atoms with Gasteiger partial charge in [0.15, 0.2) is 0 Å². The van der Waals surface area contributed by atoms with Crippen molar-refractivity contribution in [1.82, 2.24) is 4.31 Å². The van der Waals surface area contributed by atoms with E-state index in [1.165, 1.54) is 10.4 Å². The van der Waals surface area contributed by atoms with E-state index in [0.29, 0.717) is 16.6 Å². The Labute approximate surface area is 130 Å². The third-order valence-corrected chi connectivity index (χ3v) is 5.99. The van der Waals surface area contributed by atoms with E-state index in [0.717, 1.165) is 5.56 Å². The highest BCUT2D eigenvalue weighted by atomic mass is 79.9. The van der Waals surface area contributed by atoms with Gasteiger partial charge in [-0.1, -0.05) is 26.8 Å². The standard InChI is InChI=1S/C14H22BrNO3S/c1-10-6-11(8-17)7-12(13(10)15)20(18,19)16(5)9-14(2,3)4/h6-7,17H,8-9H2,1-5H3. The van der Waals surface area contributed by atoms with Gasteiger partial charge in [0.1, 0.15) is 0 Å². The molecular formula is C14H22BrNO3S. The molecule has 114 valence electrons. The van der Waals surface area contributed by atoms with Crippen LogP contribution in [-0.4, -0.2) is 31.4 Å². The van der Waals surface area contributed by atoms with Gasteiger partial charge in [-0.05, 0) is 45.5 Å². The van der Waals surface area contributed by atoms with Gasteiger partial charge >= 0.3 is 0 Å². The third kappa shape index (κ3) is 4.04. The summed E-state index contributed by atoms with van der Waals surface area (Å²) in [6.07, 6.45) is 0. The zero-order valence-corrected chi connectivity index (χ0v) is 15.0. The molecule has 4 nitrogen and oxygen atoms in total. The molecule has 6 heteroatoms. The maximum absolute atomic E-state index is 12.7. The topological polar surface area (TPSA) is 57.6 Å². The molecule has 0 saturated carbocycles. The highest BCUT2D eigenvalue weighted by molar-refractivity contribution is 9.10. The largest absolute Gasteiger partial charge is 0.392 e. The normalized spacial score (nSPS) is 13.0. The molecule has 0 heterocycles. The maximum atomic E-state index is 12.7. The van der Waals surface area contributed by atoms with Crippen LogP contribution in [0.5, 0.6) is 0 Å². The monoisotopic (exact) mass is 363 g/mol. The van der Waals surface area contributed by atoms with Gasteiger partial charge < -0.3 is 5.11 Å². The van der Waals surface area contributed by atoms with Crippen LogP contribution in [0, 0.1) is 12.3 Å². The number of rotatable bonds is 4. The lowest BCUT2D eigenvalue weighted by atomic mass is 9.97. The van der Waals surface area contributed by atoms with Crippen molar-refractivity contribution in [3.05, 3.63) is 27.7 Å². The predicted molar refractivity (Wildman–Crippen MR) is 84.1 cm³/mol. The quantitative estimate of drug-likeness (QED) is 0.894. The van der Waals surface area contributed by atoms with Crippen molar-refractivity contribution in [1.29, 1.82) is 0 Å². The number of halogens is 1. The second-order valence-corrected chi connectivity index (χ2v) is 9.01. The number of aryl methyl sites for hydroxylation is 1. The van der Waals surface area contributed by atoms with Crippen molar-refractivity contribution >= 4 is 26.0 Å². The van der Waals surface area contributed by atoms with Crippen LogP contribution in [0.2, 0.25) is 0 Å². The molecule has 0 aliphatic rings. The molecule has 0 saturated heterocycles. The molecule has 0 aliphatic heterocycles. The smallest absolute Gasteiger partial charge is 0.243 e. The van der Waals surface area contributed by atoms with Crippen LogP contribution in [0.1, 0.15) is 31.9 Å². The average Bonchev–Trinajstić information content (AvgIpc) is 2.29. The summed E-state index contributed by atoms with van der Waals surface area (Å²) >= 11 is 3.34. The summed E-state index contributed by atoms with van der Waals surface area (Å²) in [4.78, 5) is 0.202. The first kappa shape index (κ1) is 17.6. The van der Waals surface area contributed by atoms with Gasteiger partial charge in [-0.3, -0.25) is 0 Å². The maximum Gasteiger partial charge on any atom is 0.243 e. The number of aliphatic hydroxyl groups is 1. The van der Waals surface area contributed by atoms with E-state index < -0.39 is 10.0 Å². The SMILES string of the molecule is Cc1cc(CO)cc(S(=O)(=O)N(C)CC(C)(C)C)c1Br. The average molecular weight is 364 g/mol. The van der Waals surface area contributed by atoms with E-state index in [1.807, 2.05) is 27.7 Å². The fourth-order valence-corrected chi connectivity index (χ4v) is 4.43. The van der Waals surface area contributed by atoms with Crippen LogP contribution < -0.4 is 0 Å². The molecular weight excluding hydrogens is 342 g/mol. The van der Waals surface area contributed by atoms with Crippen LogP contribution in [-0.2, 0) is 16.6 Å². The van der Waals surface area contributed by atoms with Crippen LogP contribution in [0.15, 0.2) is 21.5 Å². The molecule has 1 rings (SSSR count). The number of hydrogen-bond donors (Lipinski definition) is 1. The van der Waals surface area contributed by atoms with E-state index in [-0.39, 0.29) is 16.9 Å². The first-order valence-corrected chi connectivity index (χ1v) is 8.58. The zero-order chi connectivity index (χ0) is 15.7. The molecule has 1 aromatic rings. The summed E-state index contributed by atoms with van der Waals surface area (Å²) in [6.45, 7) is 8.02. The minimum atomic E-state index is -3.58. The number of aliphatic hydroxyl groups excluding tert-OH is 1. The number of benzene rings is 1. The molecule has 0 radical (unpaired) electrons. The van der Waals surface area contributed by atoms with E-state index in [4.69, 9.17) is 0 Å². The molecule has 0 aliphatic carbocycles. The Hall–Kier alpha value is -0.430. The van der Waals surface area contributed by atoms with Crippen LogP contribution in [0.3, 0.4) is 0 Å². The Morgan fingerprint density at radius 3 is 2.30 bits per heavy atom. The predicted octanol–water partition coefficient (Wildman–Crippen LogP) is 2.92. The minimum absolute atomic E-state index is 0.127. The zero-order valence-electron chi connectivity index (χ0n) is 12.6. The van der Waals surface area contributed by atoms with Gasteiger partial charge in [0, 0.05) is 18.1 Å². The molecule has 0 aromatic heterocycles. The summed E-state index contributed by atoms with van der Waals surface area (Å²) in [7, 11) is -2.01. The van der Waals surface area contributed by atoms with Crippen LogP contribution in [0.25, 0.3) is 0 Å². The minimum Gasteiger partial charge on any atom is -0.392 e. The van der Waals surface area contributed by atoms with Crippen molar-refractivity contribution in [2.75, 3.05) is 13.6 Å². The molecule has 1 aromatic carbocycles. The van der Waals surface area contributed by atoms with Crippen molar-refractivity contribution in [2.45, 2.75) is 39.2 Å². The second kappa shape index (κ2) is 6.13. The van der Waals surface area contributed by atoms with Crippen molar-refractivity contribution < 1.29 is 13.5 Å². The summed E-state index contributed by atoms with van der Waals surface area (Å²) in [5.74, 6) is 0. The Bertz CT molecular complexity index is 591. The van der Waals surface area contributed by atoms with E-state index in [2.05, 4.69) is 15.9 Å². The molecule has 0 bridgehead atoms. The number of sulfonamides is 1. The van der Waals surface area contributed by atoms with Crippen molar-refractivity contribution in [2.24, 2.45) is 5.41 Å². The third-order valence-electron chi connectivity index (χ3n) is 2.85. The highest BCUT2D eigenvalue weighted by Crippen LogP contribution is 2.30. The lowest BCUT2D eigenvalue weighted by Gasteiger charge is -2.26. The van der Waals surface area contributed by atoms with E-state index in [9.17, 15) is 13.5 Å². The summed E-state index contributed by atoms with van der Waals surface area (Å²) in [5.41, 5.74) is 1.26. The molecule has 0 unspecified atom stereocenters. The molecule has 0 spiro atoms. The molecule has 20 heavy (non-hydrogen) atoms. The molecule has 1 N–H and O–H groups in total. The first-order chi connectivity index (χ1) is 8.99. The van der Waals surface area contributed by atoms with Crippen molar-refractivity contribution in [3.63, 3.8) is 0 Å². The first-order valence-electron chi connectivity index (χ1n) is 6.35. The highest BCUT2D eigenvalue weighted by Gasteiger charge is 2.28. The summed E-state index contributed by atoms with van der Waals surface area (Å²) in [6, 6.07) is 3.29. The lowest BCUT2D eigenvalue weighted by molar-refractivity contribution is 0.281. The van der Waals surface area contributed by atoms with E-state index >= 15 is 0 Å². The molecule has 0 atom stereocenters. The fourth-order valence-electron chi connectivity index (χ4n) is 2.01. The van der Waals surface area contributed by atoms with Gasteiger partial charge in [-0.25, -0.2) is 12.7 Å². The van der Waals surface area contributed by atoms with Gasteiger partial charge in [-0.2, -0.15) is 0 Å². The molecule has 0 amide bonds. The summed E-state index contributed by atoms with van der Waals surface area (Å²) < 4.78 is 27.2. The van der Waals surface area contributed by atoms with Gasteiger partial charge in [0.05, 0.1) is 11.5 Å². The molecule has 0 fully saturated rings. The van der Waals surface area contributed by atoms with E-state index in [1.54, 1.807) is 13.1 Å². The Morgan fingerprint density at radius 1 is 1.30 bits per heavy atom. The number of hydrogen-bond acceptors (Lipinski definition) is 3. The Morgan fingerprint density at radius 2 is 1.85 bits per heavy atom.